The molecule has 0 saturated carbocycles. The molecule has 0 aliphatic carbocycles. The van der Waals surface area contributed by atoms with Crippen LogP contribution in [0.25, 0.3) is 0 Å². The van der Waals surface area contributed by atoms with Gasteiger partial charge in [0, 0.05) is 19.3 Å². The lowest BCUT2D eigenvalue weighted by Crippen LogP contribution is -2.26. The van der Waals surface area contributed by atoms with Gasteiger partial charge in [0.2, 0.25) is 10.0 Å². The SMILES string of the molecule is CN(Cc1ccc(C#N)cc1)S(=O)(=O)c1cccc(N)c1. The molecule has 0 heterocycles. The molecule has 0 radical (unpaired) electrons. The summed E-state index contributed by atoms with van der Waals surface area (Å²) in [6.07, 6.45) is 0. The number of anilines is 1. The summed E-state index contributed by atoms with van der Waals surface area (Å²) < 4.78 is 26.1. The van der Waals surface area contributed by atoms with E-state index in [0.717, 1.165) is 5.56 Å². The lowest BCUT2D eigenvalue weighted by Gasteiger charge is -2.17. The molecule has 2 aromatic carbocycles. The number of rotatable bonds is 4. The highest BCUT2D eigenvalue weighted by molar-refractivity contribution is 7.89. The highest BCUT2D eigenvalue weighted by Crippen LogP contribution is 2.19. The molecule has 0 aromatic heterocycles. The van der Waals surface area contributed by atoms with Crippen molar-refractivity contribution in [2.75, 3.05) is 12.8 Å². The van der Waals surface area contributed by atoms with E-state index in [1.165, 1.54) is 23.5 Å². The summed E-state index contributed by atoms with van der Waals surface area (Å²) in [5, 5.41) is 8.75. The summed E-state index contributed by atoms with van der Waals surface area (Å²) in [4.78, 5) is 0.165. The standard InChI is InChI=1S/C15H15N3O2S/c1-18(11-13-7-5-12(10-16)6-8-13)21(19,20)15-4-2-3-14(17)9-15/h2-9H,11,17H2,1H3. The van der Waals surface area contributed by atoms with E-state index in [4.69, 9.17) is 11.0 Å². The molecule has 0 bridgehead atoms. The molecule has 0 spiro atoms. The molecule has 2 aromatic rings. The summed E-state index contributed by atoms with van der Waals surface area (Å²) in [5.41, 5.74) is 7.38. The molecule has 5 nitrogen and oxygen atoms in total. The minimum Gasteiger partial charge on any atom is -0.399 e. The van der Waals surface area contributed by atoms with E-state index in [1.807, 2.05) is 6.07 Å². The lowest BCUT2D eigenvalue weighted by atomic mass is 10.1. The molecule has 21 heavy (non-hydrogen) atoms. The zero-order valence-corrected chi connectivity index (χ0v) is 12.3. The summed E-state index contributed by atoms with van der Waals surface area (Å²) >= 11 is 0. The first-order chi connectivity index (χ1) is 9.93. The van der Waals surface area contributed by atoms with Crippen molar-refractivity contribution >= 4 is 15.7 Å². The first kappa shape index (κ1) is 15.0. The van der Waals surface area contributed by atoms with Crippen LogP contribution in [0.4, 0.5) is 5.69 Å². The fourth-order valence-electron chi connectivity index (χ4n) is 1.88. The fraction of sp³-hybridized carbons (Fsp3) is 0.133. The second-order valence-corrected chi connectivity index (χ2v) is 6.69. The second kappa shape index (κ2) is 5.95. The number of nitriles is 1. The van der Waals surface area contributed by atoms with Gasteiger partial charge >= 0.3 is 0 Å². The first-order valence-electron chi connectivity index (χ1n) is 6.24. The van der Waals surface area contributed by atoms with Gasteiger partial charge in [-0.1, -0.05) is 18.2 Å². The molecule has 0 amide bonds. The average Bonchev–Trinajstić information content (AvgIpc) is 2.48. The van der Waals surface area contributed by atoms with Crippen LogP contribution in [0.1, 0.15) is 11.1 Å². The van der Waals surface area contributed by atoms with E-state index in [0.29, 0.717) is 11.3 Å². The Morgan fingerprint density at radius 1 is 1.19 bits per heavy atom. The van der Waals surface area contributed by atoms with E-state index < -0.39 is 10.0 Å². The molecule has 2 rings (SSSR count). The minimum atomic E-state index is -3.59. The number of sulfonamides is 1. The summed E-state index contributed by atoms with van der Waals surface area (Å²) in [7, 11) is -2.08. The number of benzene rings is 2. The van der Waals surface area contributed by atoms with Crippen molar-refractivity contribution in [2.24, 2.45) is 0 Å². The molecule has 108 valence electrons. The van der Waals surface area contributed by atoms with Crippen molar-refractivity contribution in [3.8, 4) is 6.07 Å². The maximum atomic E-state index is 12.4. The fourth-order valence-corrected chi connectivity index (χ4v) is 3.10. The largest absolute Gasteiger partial charge is 0.399 e. The van der Waals surface area contributed by atoms with Crippen LogP contribution in [0.15, 0.2) is 53.4 Å². The van der Waals surface area contributed by atoms with Crippen LogP contribution >= 0.6 is 0 Å². The van der Waals surface area contributed by atoms with E-state index >= 15 is 0 Å². The second-order valence-electron chi connectivity index (χ2n) is 4.64. The van der Waals surface area contributed by atoms with Gasteiger partial charge in [-0.25, -0.2) is 8.42 Å². The van der Waals surface area contributed by atoms with Gasteiger partial charge in [-0.05, 0) is 35.9 Å². The number of nitrogens with two attached hydrogens (primary N) is 1. The maximum Gasteiger partial charge on any atom is 0.243 e. The number of hydrogen-bond acceptors (Lipinski definition) is 4. The zero-order valence-electron chi connectivity index (χ0n) is 11.5. The van der Waals surface area contributed by atoms with E-state index in [2.05, 4.69) is 0 Å². The predicted molar refractivity (Wildman–Crippen MR) is 80.7 cm³/mol. The maximum absolute atomic E-state index is 12.4. The Morgan fingerprint density at radius 2 is 1.86 bits per heavy atom. The van der Waals surface area contributed by atoms with Crippen LogP contribution in [0.2, 0.25) is 0 Å². The quantitative estimate of drug-likeness (QED) is 0.874. The molecular weight excluding hydrogens is 286 g/mol. The Hall–Kier alpha value is -2.36. The molecule has 0 aliphatic heterocycles. The van der Waals surface area contributed by atoms with Crippen LogP contribution in [0, 0.1) is 11.3 Å². The van der Waals surface area contributed by atoms with Gasteiger partial charge in [0.1, 0.15) is 0 Å². The van der Waals surface area contributed by atoms with Crippen molar-refractivity contribution in [1.29, 1.82) is 5.26 Å². The lowest BCUT2D eigenvalue weighted by molar-refractivity contribution is 0.467. The molecule has 0 unspecified atom stereocenters. The van der Waals surface area contributed by atoms with Crippen LogP contribution in [-0.4, -0.2) is 19.8 Å². The Bertz CT molecular complexity index is 777. The molecule has 0 fully saturated rings. The van der Waals surface area contributed by atoms with Gasteiger partial charge in [-0.3, -0.25) is 0 Å². The van der Waals surface area contributed by atoms with Crippen molar-refractivity contribution in [1.82, 2.24) is 4.31 Å². The van der Waals surface area contributed by atoms with E-state index in [-0.39, 0.29) is 11.4 Å². The average molecular weight is 301 g/mol. The third-order valence-corrected chi connectivity index (χ3v) is 4.85. The van der Waals surface area contributed by atoms with Gasteiger partial charge in [-0.15, -0.1) is 0 Å². The van der Waals surface area contributed by atoms with Crippen molar-refractivity contribution in [2.45, 2.75) is 11.4 Å². The zero-order chi connectivity index (χ0) is 15.5. The molecular formula is C15H15N3O2S. The predicted octanol–water partition coefficient (Wildman–Crippen LogP) is 1.96. The van der Waals surface area contributed by atoms with Crippen LogP contribution in [0.3, 0.4) is 0 Å². The smallest absolute Gasteiger partial charge is 0.243 e. The van der Waals surface area contributed by atoms with Gasteiger partial charge < -0.3 is 5.73 Å². The van der Waals surface area contributed by atoms with Crippen LogP contribution in [-0.2, 0) is 16.6 Å². The molecule has 6 heteroatoms. The third-order valence-electron chi connectivity index (χ3n) is 3.05. The van der Waals surface area contributed by atoms with E-state index in [9.17, 15) is 8.42 Å². The highest BCUT2D eigenvalue weighted by atomic mass is 32.2. The Kier molecular flexibility index (Phi) is 4.26. The number of nitrogen functional groups attached to an aromatic ring is 1. The Morgan fingerprint density at radius 3 is 2.43 bits per heavy atom. The minimum absolute atomic E-state index is 0.165. The normalized spacial score (nSPS) is 11.3. The third kappa shape index (κ3) is 3.40. The molecule has 0 saturated heterocycles. The van der Waals surface area contributed by atoms with Gasteiger partial charge in [0.15, 0.2) is 0 Å². The van der Waals surface area contributed by atoms with Crippen molar-refractivity contribution < 1.29 is 8.42 Å². The summed E-state index contributed by atoms with van der Waals surface area (Å²) in [6.45, 7) is 0.225. The van der Waals surface area contributed by atoms with Crippen molar-refractivity contribution in [3.05, 3.63) is 59.7 Å². The molecule has 2 N–H and O–H groups in total. The summed E-state index contributed by atoms with van der Waals surface area (Å²) in [6, 6.07) is 15.0. The highest BCUT2D eigenvalue weighted by Gasteiger charge is 2.20. The first-order valence-corrected chi connectivity index (χ1v) is 7.68. The van der Waals surface area contributed by atoms with Gasteiger partial charge in [0.05, 0.1) is 16.5 Å². The van der Waals surface area contributed by atoms with E-state index in [1.54, 1.807) is 36.4 Å². The van der Waals surface area contributed by atoms with Gasteiger partial charge in [-0.2, -0.15) is 9.57 Å². The number of nitrogens with zero attached hydrogens (tertiary/aromatic N) is 2. The summed E-state index contributed by atoms with van der Waals surface area (Å²) in [5.74, 6) is 0. The Labute approximate surface area is 124 Å². The Balaban J connectivity index is 2.22. The molecule has 0 aliphatic rings. The number of hydrogen-bond donors (Lipinski definition) is 1. The van der Waals surface area contributed by atoms with Gasteiger partial charge in [0.25, 0.3) is 0 Å². The van der Waals surface area contributed by atoms with Crippen LogP contribution < -0.4 is 5.73 Å². The molecule has 0 atom stereocenters. The monoisotopic (exact) mass is 301 g/mol. The van der Waals surface area contributed by atoms with Crippen molar-refractivity contribution in [3.63, 3.8) is 0 Å². The van der Waals surface area contributed by atoms with Crippen LogP contribution in [0.5, 0.6) is 0 Å². The topological polar surface area (TPSA) is 87.2 Å².